The van der Waals surface area contributed by atoms with Gasteiger partial charge in [-0.1, -0.05) is 35.5 Å². The van der Waals surface area contributed by atoms with E-state index in [1.807, 2.05) is 24.3 Å². The summed E-state index contributed by atoms with van der Waals surface area (Å²) < 4.78 is 46.0. The number of hydrogen-bond acceptors (Lipinski definition) is 6. The van der Waals surface area contributed by atoms with Crippen molar-refractivity contribution in [1.29, 1.82) is 0 Å². The molecule has 0 N–H and O–H groups in total. The highest BCUT2D eigenvalue weighted by Gasteiger charge is 2.30. The summed E-state index contributed by atoms with van der Waals surface area (Å²) in [5.41, 5.74) is 0.622. The summed E-state index contributed by atoms with van der Waals surface area (Å²) in [5, 5.41) is 5.73. The zero-order valence-electron chi connectivity index (χ0n) is 18.8. The van der Waals surface area contributed by atoms with E-state index in [9.17, 15) is 17.6 Å². The number of amides is 1. The Morgan fingerprint density at radius 3 is 2.40 bits per heavy atom. The Bertz CT molecular complexity index is 1460. The molecular weight excluding hydrogens is 471 g/mol. The first-order valence-corrected chi connectivity index (χ1v) is 12.7. The lowest BCUT2D eigenvalue weighted by atomic mass is 10.1. The minimum atomic E-state index is -3.65. The number of aryl methyl sites for hydroxylation is 1. The molecule has 1 saturated heterocycles. The molecule has 0 saturated carbocycles. The third-order valence-corrected chi connectivity index (χ3v) is 7.97. The fourth-order valence-corrected chi connectivity index (χ4v) is 5.56. The topological polar surface area (TPSA) is 96.6 Å². The first-order chi connectivity index (χ1) is 16.9. The quantitative estimate of drug-likeness (QED) is 0.407. The Kier molecular flexibility index (Phi) is 6.31. The summed E-state index contributed by atoms with van der Waals surface area (Å²) in [7, 11) is -3.65. The SMILES string of the molecule is O=C(CCc1nc(-c2ccc(F)cc2)no1)N1CCN(S(=O)(=O)c2ccc3ccccc3c2)CC1. The van der Waals surface area contributed by atoms with E-state index in [4.69, 9.17) is 4.52 Å². The van der Waals surface area contributed by atoms with Crippen molar-refractivity contribution in [3.8, 4) is 11.4 Å². The fraction of sp³-hybridized carbons (Fsp3) is 0.240. The molecule has 1 fully saturated rings. The third-order valence-electron chi connectivity index (χ3n) is 6.07. The zero-order chi connectivity index (χ0) is 24.4. The molecule has 180 valence electrons. The van der Waals surface area contributed by atoms with Crippen LogP contribution in [0.1, 0.15) is 12.3 Å². The van der Waals surface area contributed by atoms with Gasteiger partial charge in [0.25, 0.3) is 0 Å². The molecule has 1 aliphatic rings. The van der Waals surface area contributed by atoms with Gasteiger partial charge in [0.2, 0.25) is 27.6 Å². The van der Waals surface area contributed by atoms with Crippen LogP contribution >= 0.6 is 0 Å². The zero-order valence-corrected chi connectivity index (χ0v) is 19.6. The highest BCUT2D eigenvalue weighted by molar-refractivity contribution is 7.89. The van der Waals surface area contributed by atoms with Crippen LogP contribution in [-0.4, -0.2) is 59.8 Å². The number of rotatable bonds is 6. The fourth-order valence-electron chi connectivity index (χ4n) is 4.10. The van der Waals surface area contributed by atoms with Crippen LogP contribution in [0, 0.1) is 5.82 Å². The van der Waals surface area contributed by atoms with Crippen molar-refractivity contribution in [2.45, 2.75) is 17.7 Å². The number of piperazine rings is 1. The van der Waals surface area contributed by atoms with Crippen LogP contribution in [0.15, 0.2) is 76.1 Å². The Morgan fingerprint density at radius 2 is 1.66 bits per heavy atom. The van der Waals surface area contributed by atoms with Gasteiger partial charge in [-0.2, -0.15) is 9.29 Å². The van der Waals surface area contributed by atoms with Gasteiger partial charge in [-0.15, -0.1) is 0 Å². The molecule has 8 nitrogen and oxygen atoms in total. The van der Waals surface area contributed by atoms with E-state index < -0.39 is 10.0 Å². The Hall–Kier alpha value is -3.63. The lowest BCUT2D eigenvalue weighted by Gasteiger charge is -2.34. The van der Waals surface area contributed by atoms with Crippen molar-refractivity contribution in [3.05, 3.63) is 78.4 Å². The summed E-state index contributed by atoms with van der Waals surface area (Å²) in [6.07, 6.45) is 0.436. The minimum absolute atomic E-state index is 0.103. The molecule has 35 heavy (non-hydrogen) atoms. The maximum Gasteiger partial charge on any atom is 0.243 e. The van der Waals surface area contributed by atoms with E-state index in [-0.39, 0.29) is 42.6 Å². The molecule has 2 heterocycles. The van der Waals surface area contributed by atoms with Gasteiger partial charge < -0.3 is 9.42 Å². The molecule has 1 amide bonds. The van der Waals surface area contributed by atoms with Gasteiger partial charge in [-0.3, -0.25) is 4.79 Å². The lowest BCUT2D eigenvalue weighted by molar-refractivity contribution is -0.132. The predicted octanol–water partition coefficient (Wildman–Crippen LogP) is 3.49. The van der Waals surface area contributed by atoms with Gasteiger partial charge in [-0.05, 0) is 47.2 Å². The molecule has 0 unspecified atom stereocenters. The van der Waals surface area contributed by atoms with E-state index in [1.54, 1.807) is 35.2 Å². The van der Waals surface area contributed by atoms with E-state index in [2.05, 4.69) is 10.1 Å². The summed E-state index contributed by atoms with van der Waals surface area (Å²) in [4.78, 5) is 18.9. The maximum absolute atomic E-state index is 13.1. The van der Waals surface area contributed by atoms with E-state index >= 15 is 0 Å². The average Bonchev–Trinajstić information content (AvgIpc) is 3.36. The van der Waals surface area contributed by atoms with Gasteiger partial charge in [0.05, 0.1) is 4.90 Å². The molecule has 0 radical (unpaired) electrons. The van der Waals surface area contributed by atoms with Gasteiger partial charge in [0.1, 0.15) is 5.82 Å². The average molecular weight is 495 g/mol. The van der Waals surface area contributed by atoms with Crippen molar-refractivity contribution in [3.63, 3.8) is 0 Å². The van der Waals surface area contributed by atoms with Crippen LogP contribution in [0.3, 0.4) is 0 Å². The molecule has 5 rings (SSSR count). The number of carbonyl (C=O) groups excluding carboxylic acids is 1. The Labute approximate surface area is 202 Å². The second-order valence-electron chi connectivity index (χ2n) is 8.31. The molecule has 0 spiro atoms. The van der Waals surface area contributed by atoms with Crippen LogP contribution in [0.2, 0.25) is 0 Å². The molecule has 0 bridgehead atoms. The highest BCUT2D eigenvalue weighted by atomic mass is 32.2. The second-order valence-corrected chi connectivity index (χ2v) is 10.3. The van der Waals surface area contributed by atoms with Gasteiger partial charge >= 0.3 is 0 Å². The monoisotopic (exact) mass is 494 g/mol. The number of halogens is 1. The number of carbonyl (C=O) groups is 1. The van der Waals surface area contributed by atoms with Crippen LogP contribution < -0.4 is 0 Å². The number of nitrogens with zero attached hydrogens (tertiary/aromatic N) is 4. The summed E-state index contributed by atoms with van der Waals surface area (Å²) in [5.74, 6) is 0.192. The third kappa shape index (κ3) is 4.94. The van der Waals surface area contributed by atoms with Crippen LogP contribution in [0.4, 0.5) is 4.39 Å². The normalized spacial score (nSPS) is 14.9. The minimum Gasteiger partial charge on any atom is -0.340 e. The molecular formula is C25H23FN4O4S. The van der Waals surface area contributed by atoms with Gasteiger partial charge in [-0.25, -0.2) is 12.8 Å². The molecule has 1 aliphatic heterocycles. The summed E-state index contributed by atoms with van der Waals surface area (Å²) in [6.45, 7) is 1.10. The Balaban J connectivity index is 1.16. The highest BCUT2D eigenvalue weighted by Crippen LogP contribution is 2.23. The van der Waals surface area contributed by atoms with E-state index in [0.717, 1.165) is 10.8 Å². The standard InChI is InChI=1S/C25H23FN4O4S/c26-21-8-5-19(6-9-21)25-27-23(34-28-25)11-12-24(31)29-13-15-30(16-14-29)35(32,33)22-10-7-18-3-1-2-4-20(18)17-22/h1-10,17H,11-16H2. The molecule has 10 heteroatoms. The summed E-state index contributed by atoms with van der Waals surface area (Å²) in [6, 6.07) is 18.5. The predicted molar refractivity (Wildman–Crippen MR) is 127 cm³/mol. The van der Waals surface area contributed by atoms with Crippen LogP contribution in [0.25, 0.3) is 22.2 Å². The van der Waals surface area contributed by atoms with Crippen LogP contribution in [-0.2, 0) is 21.2 Å². The maximum atomic E-state index is 13.1. The number of sulfonamides is 1. The largest absolute Gasteiger partial charge is 0.340 e. The molecule has 0 aliphatic carbocycles. The first kappa shape index (κ1) is 23.1. The smallest absolute Gasteiger partial charge is 0.243 e. The molecule has 4 aromatic rings. The lowest BCUT2D eigenvalue weighted by Crippen LogP contribution is -2.50. The summed E-state index contributed by atoms with van der Waals surface area (Å²) >= 11 is 0. The molecule has 3 aromatic carbocycles. The van der Waals surface area contributed by atoms with Crippen LogP contribution in [0.5, 0.6) is 0 Å². The van der Waals surface area contributed by atoms with Crippen molar-refractivity contribution in [2.75, 3.05) is 26.2 Å². The van der Waals surface area contributed by atoms with Crippen molar-refractivity contribution in [1.82, 2.24) is 19.3 Å². The van der Waals surface area contributed by atoms with Gasteiger partial charge in [0, 0.05) is 44.6 Å². The van der Waals surface area contributed by atoms with Crippen molar-refractivity contribution >= 4 is 26.7 Å². The van der Waals surface area contributed by atoms with E-state index in [1.165, 1.54) is 16.4 Å². The number of fused-ring (bicyclic) bond motifs is 1. The van der Waals surface area contributed by atoms with E-state index in [0.29, 0.717) is 30.4 Å². The first-order valence-electron chi connectivity index (χ1n) is 11.3. The van der Waals surface area contributed by atoms with Gasteiger partial charge in [0.15, 0.2) is 0 Å². The second kappa shape index (κ2) is 9.55. The van der Waals surface area contributed by atoms with Crippen molar-refractivity contribution in [2.24, 2.45) is 0 Å². The number of hydrogen-bond donors (Lipinski definition) is 0. The molecule has 1 aromatic heterocycles. The van der Waals surface area contributed by atoms with Crippen molar-refractivity contribution < 1.29 is 22.1 Å². The number of benzene rings is 3. The molecule has 0 atom stereocenters. The number of aromatic nitrogens is 2. The Morgan fingerprint density at radius 1 is 0.943 bits per heavy atom.